The van der Waals surface area contributed by atoms with Crippen LogP contribution in [0, 0.1) is 5.92 Å². The second-order valence-corrected chi connectivity index (χ2v) is 11.7. The predicted molar refractivity (Wildman–Crippen MR) is 165 cm³/mol. The van der Waals surface area contributed by atoms with Crippen LogP contribution in [0.15, 0.2) is 46.7 Å². The maximum atomic E-state index is 14.2. The second kappa shape index (κ2) is 15.8. The molecule has 8 heteroatoms. The minimum absolute atomic E-state index is 0.0546. The topological polar surface area (TPSA) is 43.8 Å². The smallest absolute Gasteiger partial charge is 0.283 e. The van der Waals surface area contributed by atoms with E-state index in [1.54, 1.807) is 39.3 Å². The van der Waals surface area contributed by atoms with Crippen LogP contribution in [0.1, 0.15) is 90.6 Å². The van der Waals surface area contributed by atoms with Gasteiger partial charge in [-0.3, -0.25) is 4.79 Å². The van der Waals surface area contributed by atoms with Crippen molar-refractivity contribution >= 4 is 26.7 Å². The first-order valence-electron chi connectivity index (χ1n) is 13.9. The van der Waals surface area contributed by atoms with Gasteiger partial charge in [0.15, 0.2) is 0 Å². The summed E-state index contributed by atoms with van der Waals surface area (Å²) in [5, 5.41) is 11.7. The summed E-state index contributed by atoms with van der Waals surface area (Å²) < 4.78 is 28.3. The Labute approximate surface area is 242 Å². The summed E-state index contributed by atoms with van der Waals surface area (Å²) in [5.41, 5.74) is 0.371. The molecule has 0 bridgehead atoms. The van der Waals surface area contributed by atoms with Gasteiger partial charge in [0.05, 0.1) is 11.6 Å². The van der Waals surface area contributed by atoms with E-state index in [2.05, 4.69) is 18.7 Å². The fourth-order valence-electron chi connectivity index (χ4n) is 5.03. The third kappa shape index (κ3) is 9.32. The monoisotopic (exact) mass is 584 g/mol. The van der Waals surface area contributed by atoms with Gasteiger partial charge in [-0.1, -0.05) is 78.3 Å². The summed E-state index contributed by atoms with van der Waals surface area (Å²) in [7, 11) is 3.57. The van der Waals surface area contributed by atoms with E-state index in [0.29, 0.717) is 30.1 Å². The van der Waals surface area contributed by atoms with Gasteiger partial charge >= 0.3 is 0 Å². The molecule has 0 aromatic heterocycles. The number of hydrogen-bond acceptors (Lipinski definition) is 3. The highest BCUT2D eigenvalue weighted by molar-refractivity contribution is 7.18. The summed E-state index contributed by atoms with van der Waals surface area (Å²) in [4.78, 5) is 17.2. The van der Waals surface area contributed by atoms with Gasteiger partial charge in [0.2, 0.25) is 0 Å². The summed E-state index contributed by atoms with van der Waals surface area (Å²) in [6.45, 7) is 16.9. The molecule has 3 atom stereocenters. The molecule has 1 aromatic rings. The number of phenols is 1. The summed E-state index contributed by atoms with van der Waals surface area (Å²) in [6.07, 6.45) is 5.79. The van der Waals surface area contributed by atoms with Crippen LogP contribution >= 0.6 is 20.8 Å². The highest BCUT2D eigenvalue weighted by Gasteiger charge is 2.30. The molecule has 0 radical (unpaired) electrons. The van der Waals surface area contributed by atoms with Gasteiger partial charge in [-0.25, -0.2) is 0 Å². The molecule has 1 N–H and O–H groups in total. The molecule has 1 aromatic carbocycles. The van der Waals surface area contributed by atoms with Gasteiger partial charge in [-0.15, -0.1) is 0 Å². The summed E-state index contributed by atoms with van der Waals surface area (Å²) >= 11 is 6.60. The number of carbonyl (C=O) groups excluding carboxylic acids is 1. The third-order valence-corrected chi connectivity index (χ3v) is 7.91. The Kier molecular flexibility index (Phi) is 14.2. The van der Waals surface area contributed by atoms with Gasteiger partial charge in [-0.2, -0.15) is 8.78 Å². The number of likely N-dealkylation sites (N-methyl/N-ethyl adjacent to an activating group) is 1. The van der Waals surface area contributed by atoms with Crippen LogP contribution in [0.25, 0.3) is 0 Å². The zero-order chi connectivity index (χ0) is 30.1. The molecule has 0 aliphatic heterocycles. The lowest BCUT2D eigenvalue weighted by molar-refractivity contribution is 0.0752. The van der Waals surface area contributed by atoms with Crippen molar-refractivity contribution in [3.8, 4) is 5.75 Å². The first kappa shape index (κ1) is 35.1. The van der Waals surface area contributed by atoms with Crippen LogP contribution in [0.3, 0.4) is 0 Å². The highest BCUT2D eigenvalue weighted by Crippen LogP contribution is 2.37. The van der Waals surface area contributed by atoms with Crippen molar-refractivity contribution in [1.82, 2.24) is 9.80 Å². The van der Waals surface area contributed by atoms with E-state index < -0.39 is 5.66 Å². The van der Waals surface area contributed by atoms with Gasteiger partial charge in [0.25, 0.3) is 11.6 Å². The van der Waals surface area contributed by atoms with Crippen LogP contribution in [-0.4, -0.2) is 52.7 Å². The number of carbonyl (C=O) groups is 1. The van der Waals surface area contributed by atoms with Crippen molar-refractivity contribution in [3.05, 3.63) is 62.9 Å². The zero-order valence-electron chi connectivity index (χ0n) is 25.2. The molecule has 1 rings (SSSR count). The lowest BCUT2D eigenvalue weighted by atomic mass is 9.89. The van der Waals surface area contributed by atoms with Crippen LogP contribution in [-0.2, 0) is 6.42 Å². The number of benzene rings is 1. The number of halogens is 3. The SMILES string of the molecule is C/C=C(\C=C(\C)C(C(C)CC)N(C)C(Cc1c(Cl)ccc(C(=O)N(CCC)CCC)c1O)=C(C)C)C(F)(F)P. The van der Waals surface area contributed by atoms with Crippen LogP contribution < -0.4 is 0 Å². The number of rotatable bonds is 14. The zero-order valence-corrected chi connectivity index (χ0v) is 27.1. The van der Waals surface area contributed by atoms with Crippen molar-refractivity contribution < 1.29 is 18.7 Å². The standard InChI is InChI=1S/C31H48ClF2N2O2P/c1-10-16-36(17-11-2)30(38)24-14-15-26(32)25(29(24)37)19-27(20(5)6)35(9)28(21(7)12-3)22(8)18-23(13-4)31(33,34)39/h13-15,18,21,28,37H,10-12,16-17,19,39H2,1-9H3/b22-18-,23-13+. The van der Waals surface area contributed by atoms with E-state index in [-0.39, 0.29) is 34.8 Å². The van der Waals surface area contributed by atoms with E-state index in [9.17, 15) is 18.7 Å². The Hall–Kier alpha value is -1.91. The Morgan fingerprint density at radius 3 is 2.15 bits per heavy atom. The Balaban J connectivity index is 3.59. The molecular weight excluding hydrogens is 537 g/mol. The van der Waals surface area contributed by atoms with Gasteiger partial charge < -0.3 is 14.9 Å². The third-order valence-electron chi connectivity index (χ3n) is 7.22. The first-order chi connectivity index (χ1) is 18.2. The average molecular weight is 585 g/mol. The minimum atomic E-state index is -3.02. The molecular formula is C31H48ClF2N2O2P. The fourth-order valence-corrected chi connectivity index (χ4v) is 5.50. The summed E-state index contributed by atoms with van der Waals surface area (Å²) in [5.74, 6) is -0.164. The number of allylic oxidation sites excluding steroid dienone is 5. The van der Waals surface area contributed by atoms with Crippen molar-refractivity contribution in [2.24, 2.45) is 5.92 Å². The summed E-state index contributed by atoms with van der Waals surface area (Å²) in [6, 6.07) is 3.08. The molecule has 1 amide bonds. The van der Waals surface area contributed by atoms with Crippen molar-refractivity contribution in [3.63, 3.8) is 0 Å². The molecule has 0 spiro atoms. The number of nitrogens with zero attached hydrogens (tertiary/aromatic N) is 2. The van der Waals surface area contributed by atoms with Gasteiger partial charge in [-0.05, 0) is 58.6 Å². The molecule has 0 saturated carbocycles. The highest BCUT2D eigenvalue weighted by atomic mass is 35.5. The molecule has 3 unspecified atom stereocenters. The molecule has 0 aliphatic rings. The van der Waals surface area contributed by atoms with Gasteiger partial charge in [0.1, 0.15) is 5.75 Å². The molecule has 39 heavy (non-hydrogen) atoms. The molecule has 0 saturated heterocycles. The fraction of sp³-hybridized carbons (Fsp3) is 0.581. The first-order valence-corrected chi connectivity index (χ1v) is 14.8. The number of amides is 1. The predicted octanol–water partition coefficient (Wildman–Crippen LogP) is 8.85. The van der Waals surface area contributed by atoms with Crippen molar-refractivity contribution in [1.29, 1.82) is 0 Å². The number of aromatic hydroxyl groups is 1. The molecule has 220 valence electrons. The molecule has 0 aliphatic carbocycles. The minimum Gasteiger partial charge on any atom is -0.507 e. The quantitative estimate of drug-likeness (QED) is 0.175. The largest absolute Gasteiger partial charge is 0.507 e. The number of phenolic OH excluding ortho intramolecular Hbond substituents is 1. The molecule has 4 nitrogen and oxygen atoms in total. The lowest BCUT2D eigenvalue weighted by Gasteiger charge is -2.38. The molecule has 0 heterocycles. The Morgan fingerprint density at radius 2 is 1.72 bits per heavy atom. The van der Waals surface area contributed by atoms with Gasteiger partial charge in [0, 0.05) is 48.4 Å². The van der Waals surface area contributed by atoms with E-state index in [4.69, 9.17) is 11.6 Å². The average Bonchev–Trinajstić information content (AvgIpc) is 2.85. The van der Waals surface area contributed by atoms with Crippen molar-refractivity contribution in [2.75, 3.05) is 20.1 Å². The van der Waals surface area contributed by atoms with E-state index in [0.717, 1.165) is 36.1 Å². The number of hydrogen-bond donors (Lipinski definition) is 1. The van der Waals surface area contributed by atoms with E-state index >= 15 is 0 Å². The van der Waals surface area contributed by atoms with E-state index in [1.165, 1.54) is 6.08 Å². The normalized spacial score (nSPS) is 14.2. The maximum Gasteiger partial charge on any atom is 0.283 e. The lowest BCUT2D eigenvalue weighted by Crippen LogP contribution is -2.38. The second-order valence-electron chi connectivity index (χ2n) is 10.5. The molecule has 0 fully saturated rings. The van der Waals surface area contributed by atoms with E-state index in [1.807, 2.05) is 41.7 Å². The van der Waals surface area contributed by atoms with Crippen LogP contribution in [0.2, 0.25) is 5.02 Å². The van der Waals surface area contributed by atoms with Crippen LogP contribution in [0.4, 0.5) is 8.78 Å². The number of alkyl halides is 2. The maximum absolute atomic E-state index is 14.2. The Morgan fingerprint density at radius 1 is 1.15 bits per heavy atom. The van der Waals surface area contributed by atoms with Crippen LogP contribution in [0.5, 0.6) is 5.75 Å². The van der Waals surface area contributed by atoms with Crippen molar-refractivity contribution in [2.45, 2.75) is 92.8 Å². The Bertz CT molecular complexity index is 1070.